The van der Waals surface area contributed by atoms with E-state index in [1.165, 1.54) is 31.7 Å². The van der Waals surface area contributed by atoms with Crippen molar-refractivity contribution in [1.29, 1.82) is 5.26 Å². The van der Waals surface area contributed by atoms with Gasteiger partial charge in [-0.05, 0) is 6.42 Å². The largest absolute Gasteiger partial charge is 0.463 e. The standard InChI is InChI=1S/C21H24N6O8/c1-10(28)32-8-14-17(33-11(2)29)18(34-12(3)30)21(35-14)27-9-23-16-19(24-13-4-5-31-7-13)25-15(6-22)26-20(16)27/h9,13-14,17-18,21H,4-5,7-8H2,1-3H3,(H,24,25,26)/t13?,14-,17+,18+,21+/m0/s1. The molecular weight excluding hydrogens is 464 g/mol. The molecule has 14 nitrogen and oxygen atoms in total. The van der Waals surface area contributed by atoms with Gasteiger partial charge in [0.05, 0.1) is 19.0 Å². The second kappa shape index (κ2) is 10.2. The third kappa shape index (κ3) is 5.31. The van der Waals surface area contributed by atoms with Crippen LogP contribution in [-0.4, -0.2) is 81.6 Å². The summed E-state index contributed by atoms with van der Waals surface area (Å²) >= 11 is 0. The molecule has 0 spiro atoms. The van der Waals surface area contributed by atoms with Gasteiger partial charge in [0, 0.05) is 27.4 Å². The Kier molecular flexibility index (Phi) is 7.08. The van der Waals surface area contributed by atoms with Gasteiger partial charge in [0.1, 0.15) is 18.8 Å². The lowest BCUT2D eigenvalue weighted by Crippen LogP contribution is -2.40. The smallest absolute Gasteiger partial charge is 0.303 e. The number of hydrogen-bond acceptors (Lipinski definition) is 13. The van der Waals surface area contributed by atoms with E-state index < -0.39 is 42.4 Å². The molecule has 35 heavy (non-hydrogen) atoms. The zero-order valence-electron chi connectivity index (χ0n) is 19.3. The highest BCUT2D eigenvalue weighted by Gasteiger charge is 2.51. The van der Waals surface area contributed by atoms with Gasteiger partial charge in [0.15, 0.2) is 35.4 Å². The van der Waals surface area contributed by atoms with E-state index in [-0.39, 0.29) is 24.1 Å². The molecule has 2 fully saturated rings. The SMILES string of the molecule is CC(=O)OC[C@@H]1O[C@@H](n2cnc3c(NC4CCOC4)nc(C#N)nc32)[C@H](OC(C)=O)[C@@H]1OC(C)=O. The molecule has 5 atom stereocenters. The number of carbonyl (C=O) groups excluding carboxylic acids is 3. The number of ether oxygens (including phenoxy) is 5. The summed E-state index contributed by atoms with van der Waals surface area (Å²) < 4.78 is 28.8. The third-order valence-electron chi connectivity index (χ3n) is 5.41. The first-order valence-electron chi connectivity index (χ1n) is 10.9. The van der Waals surface area contributed by atoms with E-state index in [9.17, 15) is 19.6 Å². The van der Waals surface area contributed by atoms with E-state index in [2.05, 4.69) is 20.3 Å². The molecule has 2 aliphatic rings. The van der Waals surface area contributed by atoms with E-state index in [4.69, 9.17) is 23.7 Å². The first-order valence-corrected chi connectivity index (χ1v) is 10.9. The van der Waals surface area contributed by atoms with Crippen LogP contribution in [0, 0.1) is 11.3 Å². The predicted octanol–water partition coefficient (Wildman–Crippen LogP) is 0.223. The lowest BCUT2D eigenvalue weighted by Gasteiger charge is -2.23. The molecule has 0 bridgehead atoms. The lowest BCUT2D eigenvalue weighted by atomic mass is 10.1. The molecule has 0 aromatic carbocycles. The van der Waals surface area contributed by atoms with Crippen molar-refractivity contribution in [2.24, 2.45) is 0 Å². The van der Waals surface area contributed by atoms with Crippen molar-refractivity contribution in [2.75, 3.05) is 25.1 Å². The Balaban J connectivity index is 1.75. The molecule has 0 aliphatic carbocycles. The number of esters is 3. The summed E-state index contributed by atoms with van der Waals surface area (Å²) in [6.07, 6.45) is -2.04. The van der Waals surface area contributed by atoms with Gasteiger partial charge in [0.2, 0.25) is 5.82 Å². The van der Waals surface area contributed by atoms with Crippen LogP contribution in [0.2, 0.25) is 0 Å². The minimum Gasteiger partial charge on any atom is -0.463 e. The molecule has 4 rings (SSSR count). The number of nitriles is 1. The van der Waals surface area contributed by atoms with Crippen molar-refractivity contribution >= 4 is 34.9 Å². The van der Waals surface area contributed by atoms with E-state index in [0.717, 1.165) is 6.42 Å². The molecule has 186 valence electrons. The Morgan fingerprint density at radius 3 is 2.54 bits per heavy atom. The predicted molar refractivity (Wildman–Crippen MR) is 115 cm³/mol. The van der Waals surface area contributed by atoms with Gasteiger partial charge in [-0.2, -0.15) is 15.2 Å². The number of hydrogen-bond donors (Lipinski definition) is 1. The van der Waals surface area contributed by atoms with Crippen LogP contribution in [0.25, 0.3) is 11.2 Å². The van der Waals surface area contributed by atoms with Crippen LogP contribution in [-0.2, 0) is 38.1 Å². The number of anilines is 1. The Morgan fingerprint density at radius 2 is 1.91 bits per heavy atom. The van der Waals surface area contributed by atoms with Crippen LogP contribution >= 0.6 is 0 Å². The highest BCUT2D eigenvalue weighted by Crippen LogP contribution is 2.36. The number of nitrogens with zero attached hydrogens (tertiary/aromatic N) is 5. The minimum absolute atomic E-state index is 0.0113. The highest BCUT2D eigenvalue weighted by molar-refractivity contribution is 5.83. The summed E-state index contributed by atoms with van der Waals surface area (Å²) in [7, 11) is 0. The number of imidazole rings is 1. The fourth-order valence-electron chi connectivity index (χ4n) is 4.01. The molecule has 0 saturated carbocycles. The first kappa shape index (κ1) is 24.3. The molecule has 0 amide bonds. The third-order valence-corrected chi connectivity index (χ3v) is 5.41. The maximum absolute atomic E-state index is 11.9. The van der Waals surface area contributed by atoms with Crippen molar-refractivity contribution in [2.45, 2.75) is 57.8 Å². The Hall–Kier alpha value is -3.83. The summed E-state index contributed by atoms with van der Waals surface area (Å²) in [5.41, 5.74) is 0.586. The summed E-state index contributed by atoms with van der Waals surface area (Å²) in [5.74, 6) is -1.62. The van der Waals surface area contributed by atoms with Gasteiger partial charge in [0.25, 0.3) is 0 Å². The second-order valence-electron chi connectivity index (χ2n) is 8.05. The van der Waals surface area contributed by atoms with Gasteiger partial charge < -0.3 is 29.0 Å². The lowest BCUT2D eigenvalue weighted by molar-refractivity contribution is -0.166. The van der Waals surface area contributed by atoms with E-state index in [0.29, 0.717) is 24.5 Å². The van der Waals surface area contributed by atoms with Gasteiger partial charge in [-0.15, -0.1) is 0 Å². The van der Waals surface area contributed by atoms with E-state index in [1.807, 2.05) is 6.07 Å². The Bertz CT molecular complexity index is 1170. The van der Waals surface area contributed by atoms with Crippen LogP contribution in [0.3, 0.4) is 0 Å². The zero-order chi connectivity index (χ0) is 25.1. The van der Waals surface area contributed by atoms with Crippen molar-refractivity contribution in [1.82, 2.24) is 19.5 Å². The van der Waals surface area contributed by atoms with Crippen LogP contribution in [0.1, 0.15) is 39.2 Å². The van der Waals surface area contributed by atoms with Crippen molar-refractivity contribution in [3.8, 4) is 6.07 Å². The molecule has 1 N–H and O–H groups in total. The van der Waals surface area contributed by atoms with Crippen molar-refractivity contribution < 1.29 is 38.1 Å². The summed E-state index contributed by atoms with van der Waals surface area (Å²) in [6.45, 7) is 4.47. The van der Waals surface area contributed by atoms with Crippen LogP contribution in [0.15, 0.2) is 6.33 Å². The number of fused-ring (bicyclic) bond motifs is 1. The number of rotatable bonds is 7. The molecule has 4 heterocycles. The molecule has 2 aromatic heterocycles. The molecule has 2 saturated heterocycles. The normalized spacial score (nSPS) is 25.7. The number of aromatic nitrogens is 4. The van der Waals surface area contributed by atoms with Crippen LogP contribution in [0.5, 0.6) is 0 Å². The molecule has 14 heteroatoms. The average Bonchev–Trinajstić information content (AvgIpc) is 3.52. The molecule has 2 aromatic rings. The van der Waals surface area contributed by atoms with Gasteiger partial charge in [-0.3, -0.25) is 19.0 Å². The minimum atomic E-state index is -1.12. The first-order chi connectivity index (χ1) is 16.8. The highest BCUT2D eigenvalue weighted by atomic mass is 16.7. The summed E-state index contributed by atoms with van der Waals surface area (Å²) in [5, 5.41) is 12.7. The summed E-state index contributed by atoms with van der Waals surface area (Å²) in [4.78, 5) is 48.0. The number of carbonyl (C=O) groups is 3. The average molecular weight is 488 g/mol. The van der Waals surface area contributed by atoms with Gasteiger partial charge >= 0.3 is 17.9 Å². The fourth-order valence-corrected chi connectivity index (χ4v) is 4.01. The fraction of sp³-hybridized carbons (Fsp3) is 0.571. The zero-order valence-corrected chi connectivity index (χ0v) is 19.3. The van der Waals surface area contributed by atoms with Gasteiger partial charge in [-0.25, -0.2) is 4.98 Å². The molecule has 1 unspecified atom stereocenters. The monoisotopic (exact) mass is 488 g/mol. The number of nitrogens with one attached hydrogen (secondary N) is 1. The maximum Gasteiger partial charge on any atom is 0.303 e. The molecule has 0 radical (unpaired) electrons. The van der Waals surface area contributed by atoms with E-state index in [1.54, 1.807) is 0 Å². The maximum atomic E-state index is 11.9. The Morgan fingerprint density at radius 1 is 1.17 bits per heavy atom. The van der Waals surface area contributed by atoms with Crippen LogP contribution in [0.4, 0.5) is 5.82 Å². The van der Waals surface area contributed by atoms with Crippen LogP contribution < -0.4 is 5.32 Å². The quantitative estimate of drug-likeness (QED) is 0.414. The molecule has 2 aliphatic heterocycles. The Labute approximate surface area is 199 Å². The molecular formula is C21H24N6O8. The summed E-state index contributed by atoms with van der Waals surface area (Å²) in [6, 6.07) is 1.91. The van der Waals surface area contributed by atoms with E-state index >= 15 is 0 Å². The van der Waals surface area contributed by atoms with Gasteiger partial charge in [-0.1, -0.05) is 0 Å². The second-order valence-corrected chi connectivity index (χ2v) is 8.05. The van der Waals surface area contributed by atoms with Crippen molar-refractivity contribution in [3.63, 3.8) is 0 Å². The topological polar surface area (TPSA) is 177 Å². The van der Waals surface area contributed by atoms with Crippen molar-refractivity contribution in [3.05, 3.63) is 12.2 Å².